The molecule has 4 aromatic rings. The van der Waals surface area contributed by atoms with Crippen molar-refractivity contribution in [2.45, 2.75) is 43.8 Å². The number of likely N-dealkylation sites (N-methyl/N-ethyl adjacent to an activating group) is 1. The van der Waals surface area contributed by atoms with Crippen molar-refractivity contribution in [2.24, 2.45) is 11.8 Å². The topological polar surface area (TPSA) is 152 Å². The van der Waals surface area contributed by atoms with Crippen molar-refractivity contribution in [3.05, 3.63) is 165 Å². The molecule has 1 aliphatic carbocycles. The van der Waals surface area contributed by atoms with Crippen molar-refractivity contribution in [1.82, 2.24) is 9.80 Å². The van der Waals surface area contributed by atoms with Crippen LogP contribution in [0.5, 0.6) is 0 Å². The van der Waals surface area contributed by atoms with Gasteiger partial charge in [0.15, 0.2) is 0 Å². The summed E-state index contributed by atoms with van der Waals surface area (Å²) in [5.74, 6) is -11.6. The van der Waals surface area contributed by atoms with Gasteiger partial charge in [0, 0.05) is 48.0 Å². The molecular formula is C51H46F2N4O10. The molecule has 0 aromatic heterocycles. The van der Waals surface area contributed by atoms with Gasteiger partial charge in [-0.3, -0.25) is 19.2 Å². The summed E-state index contributed by atoms with van der Waals surface area (Å²) in [6.45, 7) is 2.47. The van der Waals surface area contributed by atoms with E-state index in [4.69, 9.17) is 18.9 Å². The van der Waals surface area contributed by atoms with Crippen LogP contribution in [0.1, 0.15) is 36.1 Å². The maximum absolute atomic E-state index is 16.4. The number of anilines is 2. The Morgan fingerprint density at radius 1 is 0.672 bits per heavy atom. The van der Waals surface area contributed by atoms with Crippen LogP contribution in [-0.2, 0) is 71.6 Å². The van der Waals surface area contributed by atoms with Gasteiger partial charge >= 0.3 is 23.9 Å². The summed E-state index contributed by atoms with van der Waals surface area (Å²) in [5, 5.41) is 0. The summed E-state index contributed by atoms with van der Waals surface area (Å²) < 4.78 is 54.7. The smallest absolute Gasteiger partial charge is 0.355 e. The predicted molar refractivity (Wildman–Crippen MR) is 237 cm³/mol. The molecular weight excluding hydrogens is 867 g/mol. The second-order valence-corrected chi connectivity index (χ2v) is 16.9. The van der Waals surface area contributed by atoms with E-state index in [-0.39, 0.29) is 65.8 Å². The number of carbonyl (C=O) groups is 6. The number of fused-ring (bicyclic) bond motifs is 3. The SMILES string of the molecule is CCOC(=O)C1C(C(=O)OC)=C(C(=O)OC)N2C(=C3C(N(C)C)=CC2C2(C(=O)N(Cc4ccccc4)c4ccc(F)cc42)C3C(=O)OCC)C12C(=O)N(Cc1ccccc1)c1ccc(F)cc12. The number of hydrogen-bond donors (Lipinski definition) is 0. The third-order valence-corrected chi connectivity index (χ3v) is 13.4. The van der Waals surface area contributed by atoms with Crippen molar-refractivity contribution in [3.8, 4) is 0 Å². The highest BCUT2D eigenvalue weighted by Gasteiger charge is 2.77. The van der Waals surface area contributed by atoms with Gasteiger partial charge in [-0.2, -0.15) is 0 Å². The molecule has 0 radical (unpaired) electrons. The van der Waals surface area contributed by atoms with Gasteiger partial charge < -0.3 is 38.5 Å². The number of carbonyl (C=O) groups excluding carboxylic acids is 6. The molecule has 67 heavy (non-hydrogen) atoms. The molecule has 2 amide bonds. The molecule has 5 atom stereocenters. The number of benzene rings is 4. The molecule has 344 valence electrons. The largest absolute Gasteiger partial charge is 0.466 e. The Kier molecular flexibility index (Phi) is 11.1. The second-order valence-electron chi connectivity index (χ2n) is 16.9. The lowest BCUT2D eigenvalue weighted by Gasteiger charge is -2.61. The van der Waals surface area contributed by atoms with E-state index in [1.807, 2.05) is 6.07 Å². The number of halogens is 2. The van der Waals surface area contributed by atoms with Crippen LogP contribution in [0.2, 0.25) is 0 Å². The van der Waals surface area contributed by atoms with Crippen molar-refractivity contribution in [1.29, 1.82) is 0 Å². The van der Waals surface area contributed by atoms with E-state index in [2.05, 4.69) is 0 Å². The van der Waals surface area contributed by atoms with Crippen molar-refractivity contribution in [3.63, 3.8) is 0 Å². The highest BCUT2D eigenvalue weighted by Crippen LogP contribution is 2.68. The van der Waals surface area contributed by atoms with E-state index in [9.17, 15) is 9.59 Å². The quantitative estimate of drug-likeness (QED) is 0.136. The molecule has 2 spiro atoms. The molecule has 2 bridgehead atoms. The maximum atomic E-state index is 16.4. The predicted octanol–water partition coefficient (Wildman–Crippen LogP) is 5.60. The Hall–Kier alpha value is -7.62. The number of esters is 4. The third kappa shape index (κ3) is 6.25. The van der Waals surface area contributed by atoms with Crippen LogP contribution in [0.15, 0.2) is 131 Å². The molecule has 5 aliphatic heterocycles. The monoisotopic (exact) mass is 912 g/mol. The zero-order chi connectivity index (χ0) is 47.7. The molecule has 0 saturated carbocycles. The van der Waals surface area contributed by atoms with Gasteiger partial charge in [-0.05, 0) is 73.0 Å². The first-order chi connectivity index (χ1) is 32.2. The second kappa shape index (κ2) is 16.7. The van der Waals surface area contributed by atoms with Crippen LogP contribution >= 0.6 is 0 Å². The molecule has 14 nitrogen and oxygen atoms in total. The summed E-state index contributed by atoms with van der Waals surface area (Å²) >= 11 is 0. The molecule has 6 aliphatic rings. The maximum Gasteiger partial charge on any atom is 0.355 e. The summed E-state index contributed by atoms with van der Waals surface area (Å²) in [7, 11) is 5.38. The Labute approximate surface area is 384 Å². The Morgan fingerprint density at radius 3 is 1.70 bits per heavy atom. The van der Waals surface area contributed by atoms with Crippen molar-refractivity contribution in [2.75, 3.05) is 51.3 Å². The number of amides is 2. The number of ether oxygens (including phenoxy) is 4. The van der Waals surface area contributed by atoms with Crippen LogP contribution in [0.4, 0.5) is 20.2 Å². The molecule has 0 fully saturated rings. The number of hydrogen-bond acceptors (Lipinski definition) is 12. The Bertz CT molecular complexity index is 2880. The highest BCUT2D eigenvalue weighted by molar-refractivity contribution is 6.19. The van der Waals surface area contributed by atoms with Crippen molar-refractivity contribution >= 4 is 47.1 Å². The van der Waals surface area contributed by atoms with Gasteiger partial charge in [-0.1, -0.05) is 60.7 Å². The number of nitrogens with zero attached hydrogens (tertiary/aromatic N) is 4. The fourth-order valence-electron chi connectivity index (χ4n) is 11.0. The van der Waals surface area contributed by atoms with E-state index >= 15 is 28.0 Å². The third-order valence-electron chi connectivity index (χ3n) is 13.4. The average molecular weight is 913 g/mol. The van der Waals surface area contributed by atoms with Gasteiger partial charge in [0.1, 0.15) is 40.0 Å². The van der Waals surface area contributed by atoms with Crippen LogP contribution in [0.3, 0.4) is 0 Å². The lowest BCUT2D eigenvalue weighted by Crippen LogP contribution is -2.71. The lowest BCUT2D eigenvalue weighted by atomic mass is 9.51. The minimum absolute atomic E-state index is 0.0416. The Balaban J connectivity index is 1.50. The van der Waals surface area contributed by atoms with E-state index in [0.29, 0.717) is 11.1 Å². The first-order valence-corrected chi connectivity index (χ1v) is 21.7. The highest BCUT2D eigenvalue weighted by atomic mass is 19.1. The Morgan fingerprint density at radius 2 is 1.18 bits per heavy atom. The number of allylic oxidation sites excluding steroid dienone is 1. The molecule has 0 N–H and O–H groups in total. The zero-order valence-corrected chi connectivity index (χ0v) is 37.5. The standard InChI is InChI=1S/C51H46F2N4O10/c1-7-66-45(59)40-38-36(54(3)4)25-37(50(40)32-23-30(52)19-21-34(32)55(48(50)62)26-28-15-11-9-12-16-28)57-42(47(61)65-6)39(44(58)64-5)41(46(60)67-8-2)51(43(38)57)33-24-31(53)20-22-35(33)56(49(51)63)27-29-17-13-10-14-18-29/h9-25,37,40-41H,7-8,26-27H2,1-6H3. The average Bonchev–Trinajstić information content (AvgIpc) is 3.68. The molecule has 10 rings (SSSR count). The van der Waals surface area contributed by atoms with Gasteiger partial charge in [-0.15, -0.1) is 0 Å². The van der Waals surface area contributed by atoms with Gasteiger partial charge in [-0.25, -0.2) is 18.4 Å². The van der Waals surface area contributed by atoms with Crippen LogP contribution in [-0.4, -0.2) is 93.1 Å². The lowest BCUT2D eigenvalue weighted by molar-refractivity contribution is -0.158. The van der Waals surface area contributed by atoms with E-state index in [0.717, 1.165) is 32.4 Å². The number of methoxy groups -OCH3 is 2. The zero-order valence-electron chi connectivity index (χ0n) is 37.5. The van der Waals surface area contributed by atoms with Gasteiger partial charge in [0.05, 0.1) is 52.1 Å². The fourth-order valence-corrected chi connectivity index (χ4v) is 11.0. The van der Waals surface area contributed by atoms with E-state index in [1.165, 1.54) is 39.8 Å². The van der Waals surface area contributed by atoms with Crippen molar-refractivity contribution < 1.29 is 56.5 Å². The van der Waals surface area contributed by atoms with Crippen LogP contribution in [0.25, 0.3) is 0 Å². The van der Waals surface area contributed by atoms with Crippen LogP contribution in [0, 0.1) is 23.5 Å². The van der Waals surface area contributed by atoms with Crippen LogP contribution < -0.4 is 9.80 Å². The van der Waals surface area contributed by atoms with Gasteiger partial charge in [0.25, 0.3) is 0 Å². The van der Waals surface area contributed by atoms with E-state index < -0.39 is 87.3 Å². The molecule has 0 saturated heterocycles. The van der Waals surface area contributed by atoms with Gasteiger partial charge in [0.2, 0.25) is 11.8 Å². The summed E-state index contributed by atoms with van der Waals surface area (Å²) in [4.78, 5) is 98.4. The molecule has 5 heterocycles. The first kappa shape index (κ1) is 44.6. The number of rotatable bonds is 11. The van der Waals surface area contributed by atoms with E-state index in [1.54, 1.807) is 86.6 Å². The summed E-state index contributed by atoms with van der Waals surface area (Å²) in [5.41, 5.74) is -4.48. The summed E-state index contributed by atoms with van der Waals surface area (Å²) in [6, 6.07) is 23.6. The molecule has 4 aromatic carbocycles. The first-order valence-electron chi connectivity index (χ1n) is 21.7. The minimum atomic E-state index is -2.55. The normalized spacial score (nSPS) is 23.3. The summed E-state index contributed by atoms with van der Waals surface area (Å²) in [6.07, 6.45) is 1.61. The molecule has 5 unspecified atom stereocenters. The fraction of sp³-hybridized carbons (Fsp3) is 0.294. The molecule has 16 heteroatoms. The minimum Gasteiger partial charge on any atom is -0.466 e.